The predicted octanol–water partition coefficient (Wildman–Crippen LogP) is 1.87. The number of anilines is 2. The molecular formula is C19H21N7O. The summed E-state index contributed by atoms with van der Waals surface area (Å²) in [7, 11) is 0. The van der Waals surface area contributed by atoms with E-state index in [0.29, 0.717) is 17.8 Å². The number of aromatic nitrogens is 5. The fourth-order valence-electron chi connectivity index (χ4n) is 3.73. The summed E-state index contributed by atoms with van der Waals surface area (Å²) in [4.78, 5) is 15.2. The van der Waals surface area contributed by atoms with Gasteiger partial charge < -0.3 is 10.1 Å². The first-order valence-electron chi connectivity index (χ1n) is 9.15. The summed E-state index contributed by atoms with van der Waals surface area (Å²) in [5, 5.41) is 7.77. The Morgan fingerprint density at radius 3 is 2.89 bits per heavy atom. The third-order valence-electron chi connectivity index (χ3n) is 5.26. The second kappa shape index (κ2) is 6.71. The van der Waals surface area contributed by atoms with Crippen LogP contribution >= 0.6 is 0 Å². The monoisotopic (exact) mass is 363 g/mol. The number of hydrogen-bond donors (Lipinski definition) is 1. The largest absolute Gasteiger partial charge is 0.378 e. The van der Waals surface area contributed by atoms with Crippen LogP contribution in [0.1, 0.15) is 16.7 Å². The van der Waals surface area contributed by atoms with Crippen molar-refractivity contribution in [1.29, 1.82) is 0 Å². The summed E-state index contributed by atoms with van der Waals surface area (Å²) in [5.74, 6) is 1.18. The second-order valence-corrected chi connectivity index (χ2v) is 7.04. The molecule has 2 aromatic heterocycles. The van der Waals surface area contributed by atoms with E-state index in [1.54, 1.807) is 29.6 Å². The van der Waals surface area contributed by atoms with Gasteiger partial charge in [0.05, 0.1) is 25.5 Å². The van der Waals surface area contributed by atoms with Gasteiger partial charge in [0.15, 0.2) is 5.82 Å². The van der Waals surface area contributed by atoms with Gasteiger partial charge in [-0.3, -0.25) is 9.88 Å². The van der Waals surface area contributed by atoms with Crippen molar-refractivity contribution in [2.45, 2.75) is 25.9 Å². The molecule has 27 heavy (non-hydrogen) atoms. The average Bonchev–Trinajstić information content (AvgIpc) is 3.09. The molecule has 4 heterocycles. The van der Waals surface area contributed by atoms with Crippen molar-refractivity contribution in [1.82, 2.24) is 29.6 Å². The van der Waals surface area contributed by atoms with Crippen LogP contribution in [0.15, 0.2) is 37.1 Å². The molecule has 0 atom stereocenters. The summed E-state index contributed by atoms with van der Waals surface area (Å²) in [6.07, 6.45) is 7.65. The first-order valence-corrected chi connectivity index (χ1v) is 9.15. The van der Waals surface area contributed by atoms with Gasteiger partial charge >= 0.3 is 0 Å². The molecule has 1 aromatic carbocycles. The van der Waals surface area contributed by atoms with E-state index < -0.39 is 0 Å². The molecule has 0 aliphatic carbocycles. The van der Waals surface area contributed by atoms with Gasteiger partial charge in [0.25, 0.3) is 0 Å². The fourth-order valence-corrected chi connectivity index (χ4v) is 3.73. The quantitative estimate of drug-likeness (QED) is 0.758. The highest BCUT2D eigenvalue weighted by Crippen LogP contribution is 2.29. The number of nitrogens with zero attached hydrogens (tertiary/aromatic N) is 6. The summed E-state index contributed by atoms with van der Waals surface area (Å²) in [6, 6.07) is 4.96. The molecule has 2 aliphatic rings. The first-order chi connectivity index (χ1) is 13.3. The molecule has 8 heteroatoms. The number of fused-ring (bicyclic) bond motifs is 1. The van der Waals surface area contributed by atoms with Gasteiger partial charge in [0.2, 0.25) is 5.95 Å². The Morgan fingerprint density at radius 1 is 1.19 bits per heavy atom. The van der Waals surface area contributed by atoms with E-state index in [1.807, 2.05) is 0 Å². The van der Waals surface area contributed by atoms with Crippen LogP contribution < -0.4 is 5.32 Å². The summed E-state index contributed by atoms with van der Waals surface area (Å²) in [5.41, 5.74) is 5.17. The number of nitrogens with one attached hydrogen (secondary N) is 1. The molecule has 0 saturated carbocycles. The lowest BCUT2D eigenvalue weighted by Gasteiger charge is -2.40. The molecule has 8 nitrogen and oxygen atoms in total. The highest BCUT2D eigenvalue weighted by Gasteiger charge is 2.29. The molecule has 0 amide bonds. The lowest BCUT2D eigenvalue weighted by Crippen LogP contribution is -2.50. The molecule has 5 rings (SSSR count). The van der Waals surface area contributed by atoms with E-state index in [1.165, 1.54) is 16.7 Å². The molecule has 1 saturated heterocycles. The maximum Gasteiger partial charge on any atom is 0.247 e. The smallest absolute Gasteiger partial charge is 0.247 e. The highest BCUT2D eigenvalue weighted by molar-refractivity contribution is 5.58. The van der Waals surface area contributed by atoms with Gasteiger partial charge in [-0.15, -0.1) is 5.10 Å². The third kappa shape index (κ3) is 3.17. The van der Waals surface area contributed by atoms with Crippen LogP contribution in [0.3, 0.4) is 0 Å². The number of hydrogen-bond acceptors (Lipinski definition) is 7. The van der Waals surface area contributed by atoms with Gasteiger partial charge in [0.1, 0.15) is 6.33 Å². The highest BCUT2D eigenvalue weighted by atomic mass is 16.5. The summed E-state index contributed by atoms with van der Waals surface area (Å²) >= 11 is 0. The molecule has 2 aliphatic heterocycles. The van der Waals surface area contributed by atoms with Crippen LogP contribution in [0, 0.1) is 6.92 Å². The summed E-state index contributed by atoms with van der Waals surface area (Å²) in [6.45, 7) is 5.98. The van der Waals surface area contributed by atoms with Crippen LogP contribution in [0.2, 0.25) is 0 Å². The number of rotatable bonds is 4. The minimum atomic E-state index is 0.542. The SMILES string of the molecule is Cc1cc(Nc2ncn(-c3cnccn3)n2)cc2c1CCN(C1COC1)C2. The number of ether oxygens (including phenoxy) is 1. The van der Waals surface area contributed by atoms with Crippen molar-refractivity contribution in [2.24, 2.45) is 0 Å². The van der Waals surface area contributed by atoms with Crippen molar-refractivity contribution >= 4 is 11.6 Å². The minimum absolute atomic E-state index is 0.542. The zero-order chi connectivity index (χ0) is 18.2. The molecule has 1 N–H and O–H groups in total. The van der Waals surface area contributed by atoms with E-state index in [0.717, 1.165) is 38.4 Å². The van der Waals surface area contributed by atoms with Crippen molar-refractivity contribution < 1.29 is 4.74 Å². The third-order valence-corrected chi connectivity index (χ3v) is 5.26. The van der Waals surface area contributed by atoms with Gasteiger partial charge in [0, 0.05) is 31.2 Å². The molecule has 3 aromatic rings. The lowest BCUT2D eigenvalue weighted by atomic mass is 9.93. The van der Waals surface area contributed by atoms with Crippen LogP contribution in [0.4, 0.5) is 11.6 Å². The Bertz CT molecular complexity index is 952. The zero-order valence-corrected chi connectivity index (χ0v) is 15.2. The first kappa shape index (κ1) is 16.3. The van der Waals surface area contributed by atoms with Gasteiger partial charge in [-0.25, -0.2) is 4.98 Å². The Hall–Kier alpha value is -2.84. The minimum Gasteiger partial charge on any atom is -0.378 e. The number of aryl methyl sites for hydroxylation is 1. The Morgan fingerprint density at radius 2 is 2.11 bits per heavy atom. The Balaban J connectivity index is 1.37. The van der Waals surface area contributed by atoms with Gasteiger partial charge in [-0.2, -0.15) is 9.67 Å². The Kier molecular flexibility index (Phi) is 4.06. The maximum absolute atomic E-state index is 5.36. The maximum atomic E-state index is 5.36. The van der Waals surface area contributed by atoms with Gasteiger partial charge in [-0.1, -0.05) is 0 Å². The molecule has 0 unspecified atom stereocenters. The zero-order valence-electron chi connectivity index (χ0n) is 15.2. The molecule has 0 spiro atoms. The fraction of sp³-hybridized carbons (Fsp3) is 0.368. The molecule has 1 fully saturated rings. The van der Waals surface area contributed by atoms with Crippen molar-refractivity contribution in [3.05, 3.63) is 53.7 Å². The van der Waals surface area contributed by atoms with Crippen molar-refractivity contribution in [3.8, 4) is 5.82 Å². The van der Waals surface area contributed by atoms with E-state index >= 15 is 0 Å². The topological polar surface area (TPSA) is 81.0 Å². The van der Waals surface area contributed by atoms with E-state index in [-0.39, 0.29) is 0 Å². The normalized spacial score (nSPS) is 17.4. The second-order valence-electron chi connectivity index (χ2n) is 7.04. The Labute approximate surface area is 157 Å². The van der Waals surface area contributed by atoms with Crippen molar-refractivity contribution in [3.63, 3.8) is 0 Å². The predicted molar refractivity (Wildman–Crippen MR) is 100 cm³/mol. The molecule has 138 valence electrons. The van der Waals surface area contributed by atoms with E-state index in [2.05, 4.69) is 49.3 Å². The standard InChI is InChI=1S/C19H21N7O/c1-13-6-15(7-14-9-25(5-2-17(13)14)16-10-27-11-16)23-19-22-12-26(24-19)18-8-20-3-4-21-18/h3-4,6-8,12,16H,2,5,9-11H2,1H3,(H,23,24). The van der Waals surface area contributed by atoms with Crippen LogP contribution in [-0.2, 0) is 17.7 Å². The van der Waals surface area contributed by atoms with E-state index in [9.17, 15) is 0 Å². The average molecular weight is 363 g/mol. The van der Waals surface area contributed by atoms with Crippen LogP contribution in [-0.4, -0.2) is 55.4 Å². The van der Waals surface area contributed by atoms with Crippen molar-refractivity contribution in [2.75, 3.05) is 25.1 Å². The van der Waals surface area contributed by atoms with Gasteiger partial charge in [-0.05, 0) is 42.2 Å². The van der Waals surface area contributed by atoms with E-state index in [4.69, 9.17) is 4.74 Å². The molecular weight excluding hydrogens is 342 g/mol. The lowest BCUT2D eigenvalue weighted by molar-refractivity contribution is -0.0695. The molecule has 0 radical (unpaired) electrons. The molecule has 0 bridgehead atoms. The van der Waals surface area contributed by atoms with Crippen LogP contribution in [0.5, 0.6) is 0 Å². The van der Waals surface area contributed by atoms with Crippen LogP contribution in [0.25, 0.3) is 5.82 Å². The summed E-state index contributed by atoms with van der Waals surface area (Å²) < 4.78 is 6.97. The number of benzene rings is 1.